The largest absolute Gasteiger partial charge is 0.306 e. The van der Waals surface area contributed by atoms with E-state index < -0.39 is 10.0 Å². The van der Waals surface area contributed by atoms with Crippen LogP contribution in [-0.2, 0) is 10.0 Å². The van der Waals surface area contributed by atoms with E-state index in [9.17, 15) is 8.42 Å². The lowest BCUT2D eigenvalue weighted by Crippen LogP contribution is -2.44. The number of hydrogen-bond donors (Lipinski definition) is 0. The molecule has 0 N–H and O–H groups in total. The maximum Gasteiger partial charge on any atom is 0.217 e. The summed E-state index contributed by atoms with van der Waals surface area (Å²) < 4.78 is 26.7. The predicted molar refractivity (Wildman–Crippen MR) is 70.3 cm³/mol. The van der Waals surface area contributed by atoms with Gasteiger partial charge in [-0.05, 0) is 44.8 Å². The Hall–Kier alpha value is -0.570. The second-order valence-corrected chi connectivity index (χ2v) is 8.10. The lowest BCUT2D eigenvalue weighted by molar-refractivity contribution is 0.272. The number of rotatable bonds is 2. The van der Waals surface area contributed by atoms with Crippen molar-refractivity contribution in [2.45, 2.75) is 18.1 Å². The summed E-state index contributed by atoms with van der Waals surface area (Å²) in [5.74, 6) is 3.99. The van der Waals surface area contributed by atoms with Crippen LogP contribution in [0.15, 0.2) is 0 Å². The summed E-state index contributed by atoms with van der Waals surface area (Å²) in [7, 11) is -1.03. The van der Waals surface area contributed by atoms with Gasteiger partial charge in [-0.3, -0.25) is 0 Å². The van der Waals surface area contributed by atoms with Gasteiger partial charge in [-0.25, -0.2) is 12.7 Å². The smallest absolute Gasteiger partial charge is 0.217 e. The first-order valence-electron chi connectivity index (χ1n) is 6.67. The molecule has 3 fully saturated rings. The molecule has 18 heavy (non-hydrogen) atoms. The minimum atomic E-state index is -3.08. The molecule has 0 aromatic heterocycles. The zero-order valence-corrected chi connectivity index (χ0v) is 11.6. The molecule has 4 nitrogen and oxygen atoms in total. The van der Waals surface area contributed by atoms with Crippen LogP contribution >= 0.6 is 0 Å². The van der Waals surface area contributed by atoms with E-state index in [2.05, 4.69) is 10.8 Å². The molecule has 1 saturated carbocycles. The Morgan fingerprint density at radius 2 is 1.72 bits per heavy atom. The van der Waals surface area contributed by atoms with Crippen molar-refractivity contribution in [1.82, 2.24) is 9.21 Å². The van der Waals surface area contributed by atoms with E-state index in [0.717, 1.165) is 25.9 Å². The molecule has 3 rings (SSSR count). The first-order valence-corrected chi connectivity index (χ1v) is 8.18. The number of terminal acetylenes is 1. The van der Waals surface area contributed by atoms with E-state index in [1.165, 1.54) is 0 Å². The van der Waals surface area contributed by atoms with Gasteiger partial charge < -0.3 is 4.90 Å². The number of sulfonamides is 1. The lowest BCUT2D eigenvalue weighted by atomic mass is 10.1. The first-order chi connectivity index (χ1) is 8.54. The van der Waals surface area contributed by atoms with Gasteiger partial charge in [-0.1, -0.05) is 0 Å². The van der Waals surface area contributed by atoms with Crippen molar-refractivity contribution >= 4 is 10.0 Å². The van der Waals surface area contributed by atoms with E-state index in [1.807, 2.05) is 7.05 Å². The fourth-order valence-corrected chi connectivity index (χ4v) is 5.42. The van der Waals surface area contributed by atoms with Crippen LogP contribution < -0.4 is 0 Å². The van der Waals surface area contributed by atoms with Crippen LogP contribution in [0.4, 0.5) is 0 Å². The summed E-state index contributed by atoms with van der Waals surface area (Å²) in [6, 6.07) is 0. The van der Waals surface area contributed by atoms with Crippen LogP contribution in [-0.4, -0.2) is 56.1 Å². The average molecular weight is 268 g/mol. The molecule has 2 heterocycles. The summed E-state index contributed by atoms with van der Waals surface area (Å²) in [4.78, 5) is 2.20. The molecular formula is C13H20N2O2S. The zero-order chi connectivity index (χ0) is 12.9. The average Bonchev–Trinajstić information content (AvgIpc) is 2.81. The summed E-state index contributed by atoms with van der Waals surface area (Å²) in [5, 5.41) is -0.171. The third-order valence-corrected chi connectivity index (χ3v) is 7.13. The van der Waals surface area contributed by atoms with Crippen LogP contribution in [0.1, 0.15) is 12.8 Å². The molecule has 0 aromatic carbocycles. The molecule has 0 radical (unpaired) electrons. The molecule has 100 valence electrons. The Morgan fingerprint density at radius 1 is 1.17 bits per heavy atom. The molecule has 1 unspecified atom stereocenters. The third kappa shape index (κ3) is 1.87. The Balaban J connectivity index is 1.65. The van der Waals surface area contributed by atoms with Gasteiger partial charge in [0.15, 0.2) is 0 Å². The highest BCUT2D eigenvalue weighted by molar-refractivity contribution is 7.89. The number of hydrogen-bond acceptors (Lipinski definition) is 3. The minimum Gasteiger partial charge on any atom is -0.306 e. The van der Waals surface area contributed by atoms with Crippen LogP contribution in [0.25, 0.3) is 0 Å². The molecule has 0 spiro atoms. The van der Waals surface area contributed by atoms with Gasteiger partial charge in [0, 0.05) is 19.0 Å². The molecule has 2 aliphatic heterocycles. The highest BCUT2D eigenvalue weighted by atomic mass is 32.2. The Kier molecular flexibility index (Phi) is 2.92. The fourth-order valence-electron chi connectivity index (χ4n) is 3.44. The van der Waals surface area contributed by atoms with E-state index in [0.29, 0.717) is 30.8 Å². The molecule has 3 aliphatic rings. The van der Waals surface area contributed by atoms with Crippen LogP contribution in [0.2, 0.25) is 0 Å². The van der Waals surface area contributed by atoms with E-state index in [-0.39, 0.29) is 5.25 Å². The van der Waals surface area contributed by atoms with Crippen LogP contribution in [0.5, 0.6) is 0 Å². The standard InChI is InChI=1S/C13H20N2O2S/c1-3-11-12-8-15(9-13(11)12)18(16,17)10-4-6-14(2)7-5-10/h1,10-13H,4-9H2,2H3/t11?,12-,13+. The summed E-state index contributed by atoms with van der Waals surface area (Å²) in [5.41, 5.74) is 0. The summed E-state index contributed by atoms with van der Waals surface area (Å²) in [6.07, 6.45) is 6.95. The van der Waals surface area contributed by atoms with Gasteiger partial charge in [0.1, 0.15) is 0 Å². The summed E-state index contributed by atoms with van der Waals surface area (Å²) >= 11 is 0. The quantitative estimate of drug-likeness (QED) is 0.673. The Bertz CT molecular complexity index is 462. The lowest BCUT2D eigenvalue weighted by Gasteiger charge is -2.32. The number of piperidine rings is 2. The van der Waals surface area contributed by atoms with E-state index in [1.54, 1.807) is 4.31 Å². The SMILES string of the molecule is C#CC1[C@H]2CN(S(=O)(=O)C3CCN(C)CC3)C[C@@H]12. The van der Waals surface area contributed by atoms with Crippen molar-refractivity contribution in [1.29, 1.82) is 0 Å². The fraction of sp³-hybridized carbons (Fsp3) is 0.846. The van der Waals surface area contributed by atoms with Crippen LogP contribution in [0.3, 0.4) is 0 Å². The van der Waals surface area contributed by atoms with Crippen molar-refractivity contribution in [3.05, 3.63) is 0 Å². The Labute approximate surface area is 109 Å². The molecular weight excluding hydrogens is 248 g/mol. The van der Waals surface area contributed by atoms with Crippen molar-refractivity contribution in [3.63, 3.8) is 0 Å². The second-order valence-electron chi connectivity index (χ2n) is 5.88. The van der Waals surface area contributed by atoms with Crippen molar-refractivity contribution in [2.75, 3.05) is 33.2 Å². The van der Waals surface area contributed by atoms with Crippen molar-refractivity contribution < 1.29 is 8.42 Å². The molecule has 2 saturated heterocycles. The highest BCUT2D eigenvalue weighted by Gasteiger charge is 2.57. The van der Waals surface area contributed by atoms with E-state index >= 15 is 0 Å². The Morgan fingerprint density at radius 3 is 2.22 bits per heavy atom. The molecule has 0 amide bonds. The minimum absolute atomic E-state index is 0.171. The number of likely N-dealkylation sites (tertiary alicyclic amines) is 1. The van der Waals surface area contributed by atoms with Gasteiger partial charge in [-0.2, -0.15) is 0 Å². The van der Waals surface area contributed by atoms with E-state index in [4.69, 9.17) is 6.42 Å². The van der Waals surface area contributed by atoms with Gasteiger partial charge >= 0.3 is 0 Å². The van der Waals surface area contributed by atoms with Crippen molar-refractivity contribution in [3.8, 4) is 12.3 Å². The molecule has 1 aliphatic carbocycles. The van der Waals surface area contributed by atoms with Gasteiger partial charge in [0.2, 0.25) is 10.0 Å². The first kappa shape index (κ1) is 12.5. The summed E-state index contributed by atoms with van der Waals surface area (Å²) in [6.45, 7) is 3.09. The highest BCUT2D eigenvalue weighted by Crippen LogP contribution is 2.52. The normalized spacial score (nSPS) is 38.3. The van der Waals surface area contributed by atoms with Crippen molar-refractivity contribution in [2.24, 2.45) is 17.8 Å². The van der Waals surface area contributed by atoms with Crippen LogP contribution in [0, 0.1) is 30.1 Å². The molecule has 3 atom stereocenters. The molecule has 0 bridgehead atoms. The van der Waals surface area contributed by atoms with Gasteiger partial charge in [0.05, 0.1) is 5.25 Å². The van der Waals surface area contributed by atoms with Gasteiger partial charge in [-0.15, -0.1) is 12.3 Å². The third-order valence-electron chi connectivity index (χ3n) is 4.80. The van der Waals surface area contributed by atoms with Gasteiger partial charge in [0.25, 0.3) is 0 Å². The predicted octanol–water partition coefficient (Wildman–Crippen LogP) is 0.221. The number of fused-ring (bicyclic) bond motifs is 1. The topological polar surface area (TPSA) is 40.6 Å². The monoisotopic (exact) mass is 268 g/mol. The maximum absolute atomic E-state index is 12.5. The zero-order valence-electron chi connectivity index (χ0n) is 10.7. The molecule has 0 aromatic rings. The number of nitrogens with zero attached hydrogens (tertiary/aromatic N) is 2. The second kappa shape index (κ2) is 4.22. The molecule has 5 heteroatoms. The maximum atomic E-state index is 12.5.